The first-order valence-corrected chi connectivity index (χ1v) is 9.22. The lowest BCUT2D eigenvalue weighted by atomic mass is 10.2. The zero-order valence-electron chi connectivity index (χ0n) is 15.4. The smallest absolute Gasteiger partial charge is 0.345 e. The fraction of sp³-hybridized carbons (Fsp3) is 0.0952. The van der Waals surface area contributed by atoms with Crippen LogP contribution in [0.25, 0.3) is 5.69 Å². The topological polar surface area (TPSA) is 64.9 Å². The normalized spacial score (nSPS) is 10.4. The standard InChI is InChI=1S/C21H18ClN5O.ClH/c22-20-12-5-4-8-17(20)15-23-14-16-7-6-11-19(13-16)28-21-24-25-26-27(21)18-9-2-1-3-10-18;/h1-13,23H,14-15H2;1H. The first-order chi connectivity index (χ1) is 13.8. The number of aromatic nitrogens is 4. The van der Waals surface area contributed by atoms with Crippen molar-refractivity contribution in [1.82, 2.24) is 25.5 Å². The first kappa shape index (κ1) is 20.8. The van der Waals surface area contributed by atoms with Gasteiger partial charge in [0.1, 0.15) is 5.75 Å². The predicted octanol–water partition coefficient (Wildman–Crippen LogP) is 4.82. The minimum absolute atomic E-state index is 0. The molecule has 0 amide bonds. The molecule has 0 fully saturated rings. The van der Waals surface area contributed by atoms with E-state index in [1.165, 1.54) is 0 Å². The number of tetrazole rings is 1. The van der Waals surface area contributed by atoms with Crippen LogP contribution in [-0.2, 0) is 13.1 Å². The summed E-state index contributed by atoms with van der Waals surface area (Å²) in [6.07, 6.45) is 0. The molecule has 0 atom stereocenters. The van der Waals surface area contributed by atoms with Gasteiger partial charge >= 0.3 is 6.01 Å². The third kappa shape index (κ3) is 5.32. The van der Waals surface area contributed by atoms with E-state index in [-0.39, 0.29) is 12.4 Å². The number of halogens is 2. The monoisotopic (exact) mass is 427 g/mol. The van der Waals surface area contributed by atoms with Crippen LogP contribution in [0.1, 0.15) is 11.1 Å². The van der Waals surface area contributed by atoms with Crippen LogP contribution in [-0.4, -0.2) is 20.2 Å². The van der Waals surface area contributed by atoms with Crippen LogP contribution < -0.4 is 10.1 Å². The summed E-state index contributed by atoms with van der Waals surface area (Å²) in [5.41, 5.74) is 2.99. The van der Waals surface area contributed by atoms with Crippen LogP contribution in [0.15, 0.2) is 78.9 Å². The van der Waals surface area contributed by atoms with E-state index in [9.17, 15) is 0 Å². The zero-order valence-corrected chi connectivity index (χ0v) is 17.0. The maximum Gasteiger partial charge on any atom is 0.345 e. The number of nitrogens with one attached hydrogen (secondary N) is 1. The Hall–Kier alpha value is -2.93. The molecule has 0 aliphatic heterocycles. The summed E-state index contributed by atoms with van der Waals surface area (Å²) in [7, 11) is 0. The van der Waals surface area contributed by atoms with Gasteiger partial charge < -0.3 is 10.1 Å². The SMILES string of the molecule is Cl.Clc1ccccc1CNCc1cccc(Oc2nnnn2-c2ccccc2)c1. The predicted molar refractivity (Wildman–Crippen MR) is 115 cm³/mol. The molecule has 1 N–H and O–H groups in total. The average Bonchev–Trinajstić information content (AvgIpc) is 3.18. The van der Waals surface area contributed by atoms with E-state index < -0.39 is 0 Å². The number of benzene rings is 3. The second kappa shape index (κ2) is 10.0. The molecule has 0 saturated heterocycles. The Kier molecular flexibility index (Phi) is 7.19. The van der Waals surface area contributed by atoms with Crippen molar-refractivity contribution in [3.05, 3.63) is 95.0 Å². The second-order valence-corrected chi connectivity index (χ2v) is 6.56. The Morgan fingerprint density at radius 1 is 0.897 bits per heavy atom. The number of rotatable bonds is 7. The summed E-state index contributed by atoms with van der Waals surface area (Å²) >= 11 is 6.19. The van der Waals surface area contributed by atoms with Crippen molar-refractivity contribution in [1.29, 1.82) is 0 Å². The van der Waals surface area contributed by atoms with Crippen molar-refractivity contribution < 1.29 is 4.74 Å². The molecule has 1 heterocycles. The molecule has 29 heavy (non-hydrogen) atoms. The van der Waals surface area contributed by atoms with Gasteiger partial charge in [-0.25, -0.2) is 0 Å². The van der Waals surface area contributed by atoms with Gasteiger partial charge in [-0.2, -0.15) is 4.68 Å². The minimum atomic E-state index is 0. The Bertz CT molecular complexity index is 1060. The molecule has 0 unspecified atom stereocenters. The van der Waals surface area contributed by atoms with E-state index in [1.54, 1.807) is 4.68 Å². The summed E-state index contributed by atoms with van der Waals surface area (Å²) < 4.78 is 7.46. The summed E-state index contributed by atoms with van der Waals surface area (Å²) in [5, 5.41) is 15.9. The summed E-state index contributed by atoms with van der Waals surface area (Å²) in [4.78, 5) is 0. The highest BCUT2D eigenvalue weighted by molar-refractivity contribution is 6.31. The van der Waals surface area contributed by atoms with Gasteiger partial charge in [-0.05, 0) is 51.9 Å². The molecule has 0 spiro atoms. The molecule has 0 aliphatic rings. The quantitative estimate of drug-likeness (QED) is 0.457. The third-order valence-electron chi connectivity index (χ3n) is 4.15. The van der Waals surface area contributed by atoms with Crippen LogP contribution in [0.5, 0.6) is 11.8 Å². The molecule has 1 aromatic heterocycles. The van der Waals surface area contributed by atoms with Crippen molar-refractivity contribution in [3.8, 4) is 17.4 Å². The first-order valence-electron chi connectivity index (χ1n) is 8.84. The van der Waals surface area contributed by atoms with Crippen molar-refractivity contribution in [3.63, 3.8) is 0 Å². The molecule has 0 saturated carbocycles. The molecule has 8 heteroatoms. The van der Waals surface area contributed by atoms with Crippen molar-refractivity contribution >= 4 is 24.0 Å². The van der Waals surface area contributed by atoms with Crippen molar-refractivity contribution in [2.75, 3.05) is 0 Å². The van der Waals surface area contributed by atoms with Crippen LogP contribution in [0.2, 0.25) is 5.02 Å². The van der Waals surface area contributed by atoms with Gasteiger partial charge in [0.2, 0.25) is 0 Å². The molecule has 0 radical (unpaired) electrons. The molecule has 0 aliphatic carbocycles. The molecule has 4 rings (SSSR count). The number of hydrogen-bond acceptors (Lipinski definition) is 5. The van der Waals surface area contributed by atoms with Gasteiger partial charge in [0.15, 0.2) is 0 Å². The molecular formula is C21H19Cl2N5O. The fourth-order valence-electron chi connectivity index (χ4n) is 2.78. The highest BCUT2D eigenvalue weighted by atomic mass is 35.5. The largest absolute Gasteiger partial charge is 0.423 e. The maximum atomic E-state index is 6.19. The summed E-state index contributed by atoms with van der Waals surface area (Å²) in [6, 6.07) is 25.6. The number of para-hydroxylation sites is 1. The van der Waals surface area contributed by atoms with Crippen LogP contribution >= 0.6 is 24.0 Å². The summed E-state index contributed by atoms with van der Waals surface area (Å²) in [6.45, 7) is 1.38. The zero-order chi connectivity index (χ0) is 19.2. The van der Waals surface area contributed by atoms with E-state index in [1.807, 2.05) is 78.9 Å². The number of hydrogen-bond donors (Lipinski definition) is 1. The Balaban J connectivity index is 0.00000240. The van der Waals surface area contributed by atoms with Gasteiger partial charge in [0.05, 0.1) is 5.69 Å². The van der Waals surface area contributed by atoms with Gasteiger partial charge in [0.25, 0.3) is 0 Å². The summed E-state index contributed by atoms with van der Waals surface area (Å²) in [5.74, 6) is 0.670. The molecule has 3 aromatic carbocycles. The Morgan fingerprint density at radius 2 is 1.69 bits per heavy atom. The van der Waals surface area contributed by atoms with E-state index in [2.05, 4.69) is 20.8 Å². The van der Waals surface area contributed by atoms with Crippen LogP contribution in [0, 0.1) is 0 Å². The molecular weight excluding hydrogens is 409 g/mol. The molecule has 0 bridgehead atoms. The van der Waals surface area contributed by atoms with Gasteiger partial charge in [0, 0.05) is 18.1 Å². The van der Waals surface area contributed by atoms with E-state index in [0.717, 1.165) is 21.8 Å². The van der Waals surface area contributed by atoms with Gasteiger partial charge in [-0.3, -0.25) is 0 Å². The lowest BCUT2D eigenvalue weighted by Gasteiger charge is -2.09. The third-order valence-corrected chi connectivity index (χ3v) is 4.52. The molecule has 4 aromatic rings. The van der Waals surface area contributed by atoms with E-state index in [4.69, 9.17) is 16.3 Å². The fourth-order valence-corrected chi connectivity index (χ4v) is 2.98. The highest BCUT2D eigenvalue weighted by Gasteiger charge is 2.10. The maximum absolute atomic E-state index is 6.19. The van der Waals surface area contributed by atoms with Crippen molar-refractivity contribution in [2.45, 2.75) is 13.1 Å². The van der Waals surface area contributed by atoms with Crippen LogP contribution in [0.4, 0.5) is 0 Å². The Labute approximate surface area is 179 Å². The lowest BCUT2D eigenvalue weighted by Crippen LogP contribution is -2.13. The number of nitrogens with zero attached hydrogens (tertiary/aromatic N) is 4. The van der Waals surface area contributed by atoms with Crippen molar-refractivity contribution in [2.24, 2.45) is 0 Å². The van der Waals surface area contributed by atoms with Gasteiger partial charge in [-0.15, -0.1) is 12.4 Å². The Morgan fingerprint density at radius 3 is 2.52 bits per heavy atom. The van der Waals surface area contributed by atoms with Crippen LogP contribution in [0.3, 0.4) is 0 Å². The van der Waals surface area contributed by atoms with Gasteiger partial charge in [-0.1, -0.05) is 65.2 Å². The molecule has 6 nitrogen and oxygen atoms in total. The van der Waals surface area contributed by atoms with E-state index >= 15 is 0 Å². The molecule has 148 valence electrons. The van der Waals surface area contributed by atoms with E-state index in [0.29, 0.717) is 24.8 Å². The second-order valence-electron chi connectivity index (χ2n) is 6.15. The number of ether oxygens (including phenoxy) is 1. The average molecular weight is 428 g/mol. The lowest BCUT2D eigenvalue weighted by molar-refractivity contribution is 0.426. The highest BCUT2D eigenvalue weighted by Crippen LogP contribution is 2.22. The minimum Gasteiger partial charge on any atom is -0.423 e.